The van der Waals surface area contributed by atoms with Crippen LogP contribution in [0, 0.1) is 17.2 Å². The lowest BCUT2D eigenvalue weighted by molar-refractivity contribution is -0.138. The molecule has 2 aliphatic heterocycles. The normalized spacial score (nSPS) is 22.9. The van der Waals surface area contributed by atoms with Crippen molar-refractivity contribution in [2.45, 2.75) is 38.4 Å². The van der Waals surface area contributed by atoms with Crippen LogP contribution in [0.15, 0.2) is 6.07 Å². The molecule has 140 valence electrons. The lowest BCUT2D eigenvalue weighted by Gasteiger charge is -2.40. The number of hydrogen-bond donors (Lipinski definition) is 1. The highest BCUT2D eigenvalue weighted by Crippen LogP contribution is 2.40. The zero-order chi connectivity index (χ0) is 19.1. The molecular weight excluding hydrogens is 349 g/mol. The number of nitriles is 1. The first-order valence-corrected chi connectivity index (χ1v) is 8.46. The van der Waals surface area contributed by atoms with E-state index in [0.29, 0.717) is 26.1 Å². The van der Waals surface area contributed by atoms with Crippen molar-refractivity contribution in [1.29, 1.82) is 5.26 Å². The van der Waals surface area contributed by atoms with E-state index in [4.69, 9.17) is 5.11 Å². The molecule has 0 spiro atoms. The van der Waals surface area contributed by atoms with Gasteiger partial charge in [-0.25, -0.2) is 4.98 Å². The first kappa shape index (κ1) is 18.3. The highest BCUT2D eigenvalue weighted by atomic mass is 19.4. The number of carboxylic acids is 1. The molecule has 2 saturated heterocycles. The van der Waals surface area contributed by atoms with E-state index in [1.165, 1.54) is 0 Å². The van der Waals surface area contributed by atoms with Crippen LogP contribution in [0.5, 0.6) is 0 Å². The second kappa shape index (κ2) is 6.67. The lowest BCUT2D eigenvalue weighted by Crippen LogP contribution is -2.47. The van der Waals surface area contributed by atoms with Crippen LogP contribution in [0.4, 0.5) is 24.8 Å². The quantitative estimate of drug-likeness (QED) is 0.880. The van der Waals surface area contributed by atoms with E-state index in [0.717, 1.165) is 12.5 Å². The predicted molar refractivity (Wildman–Crippen MR) is 88.0 cm³/mol. The van der Waals surface area contributed by atoms with E-state index >= 15 is 0 Å². The van der Waals surface area contributed by atoms with Crippen LogP contribution in [-0.4, -0.2) is 41.7 Å². The molecule has 9 heteroatoms. The minimum atomic E-state index is -4.66. The second-order valence-electron chi connectivity index (χ2n) is 6.87. The Balaban J connectivity index is 2.00. The largest absolute Gasteiger partial charge is 0.481 e. The van der Waals surface area contributed by atoms with Crippen LogP contribution in [0.2, 0.25) is 0 Å². The van der Waals surface area contributed by atoms with Crippen LogP contribution in [0.3, 0.4) is 0 Å². The summed E-state index contributed by atoms with van der Waals surface area (Å²) in [4.78, 5) is 18.6. The van der Waals surface area contributed by atoms with Crippen molar-refractivity contribution in [3.8, 4) is 6.07 Å². The molecule has 26 heavy (non-hydrogen) atoms. The summed E-state index contributed by atoms with van der Waals surface area (Å²) < 4.78 is 40.6. The van der Waals surface area contributed by atoms with Gasteiger partial charge in [-0.1, -0.05) is 0 Å². The molecule has 1 aromatic rings. The van der Waals surface area contributed by atoms with E-state index < -0.39 is 23.3 Å². The molecule has 6 nitrogen and oxygen atoms in total. The third kappa shape index (κ3) is 3.41. The van der Waals surface area contributed by atoms with Crippen molar-refractivity contribution in [3.05, 3.63) is 17.2 Å². The Morgan fingerprint density at radius 2 is 2.15 bits per heavy atom. The maximum Gasteiger partial charge on any atom is 0.417 e. The Morgan fingerprint density at radius 1 is 1.42 bits per heavy atom. The molecule has 0 aromatic carbocycles. The molecule has 3 rings (SSSR count). The van der Waals surface area contributed by atoms with Gasteiger partial charge >= 0.3 is 12.1 Å². The van der Waals surface area contributed by atoms with E-state index in [1.54, 1.807) is 15.9 Å². The van der Waals surface area contributed by atoms with E-state index in [2.05, 4.69) is 4.98 Å². The number of hydrogen-bond acceptors (Lipinski definition) is 5. The molecular formula is C17H19F3N4O2. The fourth-order valence-corrected chi connectivity index (χ4v) is 3.51. The smallest absolute Gasteiger partial charge is 0.417 e. The van der Waals surface area contributed by atoms with Gasteiger partial charge in [-0.15, -0.1) is 0 Å². The number of nitrogens with zero attached hydrogens (tertiary/aromatic N) is 4. The number of carboxylic acid groups (broad SMARTS) is 1. The van der Waals surface area contributed by atoms with Crippen molar-refractivity contribution >= 4 is 17.6 Å². The number of aliphatic carboxylic acids is 1. The van der Waals surface area contributed by atoms with Crippen LogP contribution in [0.25, 0.3) is 0 Å². The number of rotatable bonds is 4. The topological polar surface area (TPSA) is 80.5 Å². The first-order valence-electron chi connectivity index (χ1n) is 8.46. The number of alkyl halides is 3. The Morgan fingerprint density at radius 3 is 2.65 bits per heavy atom. The number of halogens is 3. The molecule has 0 amide bonds. The van der Waals surface area contributed by atoms with Gasteiger partial charge in [-0.3, -0.25) is 4.79 Å². The SMILES string of the molecule is C[C@H]1CCN1c1nc(N2CC[C@@H](CC(=O)O)C2)cc(C(F)(F)F)c1C#N. The fraction of sp³-hybridized carbons (Fsp3) is 0.588. The number of pyridine rings is 1. The predicted octanol–water partition coefficient (Wildman–Crippen LogP) is 2.87. The van der Waals surface area contributed by atoms with Gasteiger partial charge < -0.3 is 14.9 Å². The molecule has 0 aliphatic carbocycles. The molecule has 0 radical (unpaired) electrons. The Kier molecular flexibility index (Phi) is 4.69. The molecule has 2 atom stereocenters. The number of anilines is 2. The van der Waals surface area contributed by atoms with E-state index in [-0.39, 0.29) is 30.0 Å². The Bertz CT molecular complexity index is 760. The van der Waals surface area contributed by atoms with Gasteiger partial charge in [-0.2, -0.15) is 18.4 Å². The zero-order valence-electron chi connectivity index (χ0n) is 14.3. The fourth-order valence-electron chi connectivity index (χ4n) is 3.51. The molecule has 2 fully saturated rings. The van der Waals surface area contributed by atoms with Crippen molar-refractivity contribution in [2.24, 2.45) is 5.92 Å². The van der Waals surface area contributed by atoms with Gasteiger partial charge in [0, 0.05) is 32.1 Å². The molecule has 1 N–H and O–H groups in total. The monoisotopic (exact) mass is 368 g/mol. The Hall–Kier alpha value is -2.50. The van der Waals surface area contributed by atoms with Crippen LogP contribution in [0.1, 0.15) is 37.3 Å². The summed E-state index contributed by atoms with van der Waals surface area (Å²) in [5, 5.41) is 18.2. The van der Waals surface area contributed by atoms with Gasteiger partial charge in [0.05, 0.1) is 5.56 Å². The minimum Gasteiger partial charge on any atom is -0.481 e. The summed E-state index contributed by atoms with van der Waals surface area (Å²) in [6.45, 7) is 3.23. The van der Waals surface area contributed by atoms with Crippen LogP contribution in [-0.2, 0) is 11.0 Å². The van der Waals surface area contributed by atoms with Crippen LogP contribution < -0.4 is 9.80 Å². The maximum atomic E-state index is 13.5. The lowest BCUT2D eigenvalue weighted by atomic mass is 10.0. The molecule has 2 aliphatic rings. The number of aromatic nitrogens is 1. The van der Waals surface area contributed by atoms with Gasteiger partial charge in [-0.05, 0) is 31.7 Å². The number of carbonyl (C=O) groups is 1. The third-order valence-corrected chi connectivity index (χ3v) is 5.07. The molecule has 0 unspecified atom stereocenters. The zero-order valence-corrected chi connectivity index (χ0v) is 14.3. The third-order valence-electron chi connectivity index (χ3n) is 5.07. The summed E-state index contributed by atoms with van der Waals surface area (Å²) in [5.41, 5.74) is -1.44. The first-order chi connectivity index (χ1) is 12.2. The second-order valence-corrected chi connectivity index (χ2v) is 6.87. The molecule has 0 bridgehead atoms. The Labute approximate surface area is 148 Å². The van der Waals surface area contributed by atoms with Crippen molar-refractivity contribution in [3.63, 3.8) is 0 Å². The van der Waals surface area contributed by atoms with Crippen molar-refractivity contribution < 1.29 is 23.1 Å². The van der Waals surface area contributed by atoms with Gasteiger partial charge in [0.15, 0.2) is 0 Å². The van der Waals surface area contributed by atoms with E-state index in [9.17, 15) is 23.2 Å². The average Bonchev–Trinajstić information content (AvgIpc) is 2.99. The van der Waals surface area contributed by atoms with Gasteiger partial charge in [0.1, 0.15) is 23.3 Å². The van der Waals surface area contributed by atoms with Crippen molar-refractivity contribution in [1.82, 2.24) is 4.98 Å². The van der Waals surface area contributed by atoms with Crippen LogP contribution >= 0.6 is 0 Å². The highest BCUT2D eigenvalue weighted by molar-refractivity contribution is 5.68. The van der Waals surface area contributed by atoms with Crippen molar-refractivity contribution in [2.75, 3.05) is 29.4 Å². The maximum absolute atomic E-state index is 13.5. The summed E-state index contributed by atoms with van der Waals surface area (Å²) >= 11 is 0. The summed E-state index contributed by atoms with van der Waals surface area (Å²) in [7, 11) is 0. The summed E-state index contributed by atoms with van der Waals surface area (Å²) in [6, 6.07) is 2.62. The highest BCUT2D eigenvalue weighted by Gasteiger charge is 2.39. The van der Waals surface area contributed by atoms with Gasteiger partial charge in [0.25, 0.3) is 0 Å². The summed E-state index contributed by atoms with van der Waals surface area (Å²) in [6.07, 6.45) is -3.26. The van der Waals surface area contributed by atoms with Gasteiger partial charge in [0.2, 0.25) is 0 Å². The average molecular weight is 368 g/mol. The summed E-state index contributed by atoms with van der Waals surface area (Å²) in [5.74, 6) is -0.822. The minimum absolute atomic E-state index is 0.0189. The molecule has 3 heterocycles. The standard InChI is InChI=1S/C17H19F3N4O2/c1-10-2-5-24(10)16-12(8-21)13(17(18,19)20)7-14(22-16)23-4-3-11(9-23)6-15(25)26/h7,10-11H,2-6,9H2,1H3,(H,25,26)/t10-,11-/m0/s1. The molecule has 1 aromatic heterocycles. The molecule has 0 saturated carbocycles. The van der Waals surface area contributed by atoms with E-state index in [1.807, 2.05) is 6.92 Å².